The van der Waals surface area contributed by atoms with Gasteiger partial charge in [-0.1, -0.05) is 17.7 Å². The van der Waals surface area contributed by atoms with Gasteiger partial charge in [0.05, 0.1) is 14.2 Å². The van der Waals surface area contributed by atoms with Crippen molar-refractivity contribution in [2.75, 3.05) is 24.9 Å². The summed E-state index contributed by atoms with van der Waals surface area (Å²) in [6.07, 6.45) is 0. The molecule has 1 amide bonds. The summed E-state index contributed by atoms with van der Waals surface area (Å²) in [5.74, 6) is 1.07. The van der Waals surface area contributed by atoms with Crippen LogP contribution in [0.25, 0.3) is 0 Å². The highest BCUT2D eigenvalue weighted by Crippen LogP contribution is 2.30. The first kappa shape index (κ1) is 17.0. The van der Waals surface area contributed by atoms with Crippen LogP contribution in [0.15, 0.2) is 42.5 Å². The summed E-state index contributed by atoms with van der Waals surface area (Å²) in [6.45, 7) is 1.77. The molecular formula is C17H19ClN2O3. The highest BCUT2D eigenvalue weighted by molar-refractivity contribution is 6.30. The summed E-state index contributed by atoms with van der Waals surface area (Å²) >= 11 is 5.91. The van der Waals surface area contributed by atoms with Crippen molar-refractivity contribution < 1.29 is 14.3 Å². The van der Waals surface area contributed by atoms with E-state index in [4.69, 9.17) is 21.1 Å². The van der Waals surface area contributed by atoms with E-state index in [1.807, 2.05) is 6.07 Å². The molecule has 0 fully saturated rings. The molecule has 0 saturated heterocycles. The van der Waals surface area contributed by atoms with E-state index < -0.39 is 6.04 Å². The zero-order valence-corrected chi connectivity index (χ0v) is 14.0. The molecule has 0 bridgehead atoms. The lowest BCUT2D eigenvalue weighted by molar-refractivity contribution is -0.116. The Balaban J connectivity index is 2.03. The van der Waals surface area contributed by atoms with Crippen LogP contribution in [0, 0.1) is 0 Å². The lowest BCUT2D eigenvalue weighted by Crippen LogP contribution is -2.31. The van der Waals surface area contributed by atoms with Crippen LogP contribution < -0.4 is 20.1 Å². The molecule has 0 aromatic heterocycles. The van der Waals surface area contributed by atoms with Crippen LogP contribution in [0.2, 0.25) is 5.02 Å². The van der Waals surface area contributed by atoms with Gasteiger partial charge in [-0.3, -0.25) is 4.79 Å². The summed E-state index contributed by atoms with van der Waals surface area (Å²) in [4.78, 5) is 12.2. The molecule has 0 saturated carbocycles. The highest BCUT2D eigenvalue weighted by Gasteiger charge is 2.14. The van der Waals surface area contributed by atoms with E-state index in [0.717, 1.165) is 5.69 Å². The van der Waals surface area contributed by atoms with Crippen molar-refractivity contribution in [3.63, 3.8) is 0 Å². The van der Waals surface area contributed by atoms with E-state index >= 15 is 0 Å². The van der Waals surface area contributed by atoms with Crippen LogP contribution in [0.4, 0.5) is 11.4 Å². The molecule has 0 aliphatic rings. The monoisotopic (exact) mass is 334 g/mol. The topological polar surface area (TPSA) is 59.6 Å². The Morgan fingerprint density at radius 3 is 2.43 bits per heavy atom. The minimum Gasteiger partial charge on any atom is -0.493 e. The predicted octanol–water partition coefficient (Wildman–Crippen LogP) is 3.80. The van der Waals surface area contributed by atoms with Crippen molar-refractivity contribution in [2.24, 2.45) is 0 Å². The van der Waals surface area contributed by atoms with Gasteiger partial charge in [0.25, 0.3) is 0 Å². The number of hydrogen-bond acceptors (Lipinski definition) is 4. The average molecular weight is 335 g/mol. The standard InChI is InChI=1S/C17H19ClN2O3/c1-11(17(21)20-13-6-4-5-12(18)9-13)19-14-7-8-15(22-2)16(10-14)23-3/h4-11,19H,1-3H3,(H,20,21)/t11-/m1/s1. The molecule has 1 atom stereocenters. The van der Waals surface area contributed by atoms with Crippen molar-refractivity contribution >= 4 is 28.9 Å². The molecule has 122 valence electrons. The van der Waals surface area contributed by atoms with E-state index in [0.29, 0.717) is 22.2 Å². The third-order valence-electron chi connectivity index (χ3n) is 3.25. The molecule has 0 spiro atoms. The summed E-state index contributed by atoms with van der Waals surface area (Å²) in [7, 11) is 3.14. The van der Waals surface area contributed by atoms with Gasteiger partial charge < -0.3 is 20.1 Å². The molecule has 2 N–H and O–H groups in total. The summed E-state index contributed by atoms with van der Waals surface area (Å²) in [5.41, 5.74) is 1.42. The Bertz CT molecular complexity index is 691. The van der Waals surface area contributed by atoms with Crippen molar-refractivity contribution in [2.45, 2.75) is 13.0 Å². The molecule has 6 heteroatoms. The fourth-order valence-corrected chi connectivity index (χ4v) is 2.25. The number of ether oxygens (including phenoxy) is 2. The number of carbonyl (C=O) groups is 1. The van der Waals surface area contributed by atoms with Crippen LogP contribution in [0.3, 0.4) is 0 Å². The van der Waals surface area contributed by atoms with Gasteiger partial charge in [0, 0.05) is 22.5 Å². The third kappa shape index (κ3) is 4.53. The summed E-state index contributed by atoms with van der Waals surface area (Å²) in [5, 5.41) is 6.51. The van der Waals surface area contributed by atoms with Gasteiger partial charge in [0.1, 0.15) is 6.04 Å². The van der Waals surface area contributed by atoms with Crippen molar-refractivity contribution in [3.8, 4) is 11.5 Å². The minimum absolute atomic E-state index is 0.165. The maximum Gasteiger partial charge on any atom is 0.246 e. The van der Waals surface area contributed by atoms with Gasteiger partial charge in [0.2, 0.25) is 5.91 Å². The number of benzene rings is 2. The van der Waals surface area contributed by atoms with Crippen molar-refractivity contribution in [1.29, 1.82) is 0 Å². The largest absolute Gasteiger partial charge is 0.493 e. The van der Waals surface area contributed by atoms with E-state index in [2.05, 4.69) is 10.6 Å². The van der Waals surface area contributed by atoms with Gasteiger partial charge in [0.15, 0.2) is 11.5 Å². The Kier molecular flexibility index (Phi) is 5.71. The fraction of sp³-hybridized carbons (Fsp3) is 0.235. The molecule has 2 rings (SSSR count). The van der Waals surface area contributed by atoms with Crippen LogP contribution in [-0.2, 0) is 4.79 Å². The van der Waals surface area contributed by atoms with Crippen LogP contribution in [0.1, 0.15) is 6.92 Å². The number of nitrogens with one attached hydrogen (secondary N) is 2. The summed E-state index contributed by atoms with van der Waals surface area (Å²) in [6, 6.07) is 12.0. The first-order valence-electron chi connectivity index (χ1n) is 7.08. The van der Waals surface area contributed by atoms with Crippen LogP contribution >= 0.6 is 11.6 Å². The molecular weight excluding hydrogens is 316 g/mol. The molecule has 5 nitrogen and oxygen atoms in total. The Morgan fingerprint density at radius 1 is 1.04 bits per heavy atom. The number of methoxy groups -OCH3 is 2. The first-order valence-corrected chi connectivity index (χ1v) is 7.46. The number of halogens is 1. The molecule has 0 unspecified atom stereocenters. The molecule has 2 aromatic rings. The number of carbonyl (C=O) groups excluding carboxylic acids is 1. The van der Waals surface area contributed by atoms with E-state index in [-0.39, 0.29) is 5.91 Å². The van der Waals surface area contributed by atoms with Crippen molar-refractivity contribution in [3.05, 3.63) is 47.5 Å². The third-order valence-corrected chi connectivity index (χ3v) is 3.49. The van der Waals surface area contributed by atoms with Gasteiger partial charge >= 0.3 is 0 Å². The zero-order chi connectivity index (χ0) is 16.8. The Hall–Kier alpha value is -2.40. The molecule has 23 heavy (non-hydrogen) atoms. The lowest BCUT2D eigenvalue weighted by Gasteiger charge is -2.17. The van der Waals surface area contributed by atoms with Crippen LogP contribution in [-0.4, -0.2) is 26.2 Å². The predicted molar refractivity (Wildman–Crippen MR) is 92.7 cm³/mol. The molecule has 2 aromatic carbocycles. The maximum absolute atomic E-state index is 12.2. The first-order chi connectivity index (χ1) is 11.0. The Morgan fingerprint density at radius 2 is 1.78 bits per heavy atom. The molecule has 0 radical (unpaired) electrons. The second-order valence-corrected chi connectivity index (χ2v) is 5.37. The average Bonchev–Trinajstić information content (AvgIpc) is 2.54. The Labute approximate surface area is 140 Å². The maximum atomic E-state index is 12.2. The van der Waals surface area contributed by atoms with E-state index in [1.54, 1.807) is 57.5 Å². The number of hydrogen-bond donors (Lipinski definition) is 2. The van der Waals surface area contributed by atoms with E-state index in [9.17, 15) is 4.79 Å². The van der Waals surface area contributed by atoms with E-state index in [1.165, 1.54) is 0 Å². The highest BCUT2D eigenvalue weighted by atomic mass is 35.5. The van der Waals surface area contributed by atoms with Gasteiger partial charge in [-0.15, -0.1) is 0 Å². The normalized spacial score (nSPS) is 11.5. The SMILES string of the molecule is COc1ccc(N[C@H](C)C(=O)Nc2cccc(Cl)c2)cc1OC. The molecule has 0 heterocycles. The van der Waals surface area contributed by atoms with Gasteiger partial charge in [-0.25, -0.2) is 0 Å². The zero-order valence-electron chi connectivity index (χ0n) is 13.2. The second-order valence-electron chi connectivity index (χ2n) is 4.94. The quantitative estimate of drug-likeness (QED) is 0.843. The minimum atomic E-state index is -0.438. The van der Waals surface area contributed by atoms with Gasteiger partial charge in [-0.05, 0) is 37.3 Å². The van der Waals surface area contributed by atoms with Gasteiger partial charge in [-0.2, -0.15) is 0 Å². The van der Waals surface area contributed by atoms with Crippen molar-refractivity contribution in [1.82, 2.24) is 0 Å². The smallest absolute Gasteiger partial charge is 0.246 e. The molecule has 0 aliphatic heterocycles. The summed E-state index contributed by atoms with van der Waals surface area (Å²) < 4.78 is 10.4. The molecule has 0 aliphatic carbocycles. The number of rotatable bonds is 6. The number of amides is 1. The fourth-order valence-electron chi connectivity index (χ4n) is 2.06. The lowest BCUT2D eigenvalue weighted by atomic mass is 10.2. The van der Waals surface area contributed by atoms with Crippen LogP contribution in [0.5, 0.6) is 11.5 Å². The number of anilines is 2. The second kappa shape index (κ2) is 7.74.